The maximum Gasteiger partial charge on any atom is 0.242 e. The molecule has 0 aliphatic carbocycles. The van der Waals surface area contributed by atoms with Crippen LogP contribution in [-0.4, -0.2) is 54.1 Å². The Balaban J connectivity index is 3.88. The van der Waals surface area contributed by atoms with E-state index in [-0.39, 0.29) is 29.5 Å². The molecule has 2 N–H and O–H groups in total. The van der Waals surface area contributed by atoms with Gasteiger partial charge >= 0.3 is 0 Å². The highest BCUT2D eigenvalue weighted by Gasteiger charge is 2.21. The van der Waals surface area contributed by atoms with Crippen LogP contribution in [0.2, 0.25) is 0 Å². The van der Waals surface area contributed by atoms with Gasteiger partial charge in [-0.25, -0.2) is 0 Å². The molecule has 0 spiro atoms. The van der Waals surface area contributed by atoms with Crippen molar-refractivity contribution < 1.29 is 19.2 Å². The quantitative estimate of drug-likeness (QED) is 0.517. The maximum atomic E-state index is 12.0. The van der Waals surface area contributed by atoms with Gasteiger partial charge in [0.25, 0.3) is 0 Å². The molecular formula is C18H33N3O4. The molecule has 0 rings (SSSR count). The summed E-state index contributed by atoms with van der Waals surface area (Å²) in [5.41, 5.74) is 0. The van der Waals surface area contributed by atoms with Crippen molar-refractivity contribution in [2.45, 2.75) is 78.3 Å². The summed E-state index contributed by atoms with van der Waals surface area (Å²) in [6.45, 7) is 7.12. The summed E-state index contributed by atoms with van der Waals surface area (Å²) < 4.78 is 0. The molecule has 0 unspecified atom stereocenters. The van der Waals surface area contributed by atoms with Crippen LogP contribution in [0.3, 0.4) is 0 Å². The second kappa shape index (κ2) is 12.4. The molecule has 7 nitrogen and oxygen atoms in total. The molecule has 0 radical (unpaired) electrons. The van der Waals surface area contributed by atoms with Gasteiger partial charge in [-0.15, -0.1) is 0 Å². The van der Waals surface area contributed by atoms with Crippen molar-refractivity contribution in [3.8, 4) is 0 Å². The standard InChI is InChI=1S/C18H33N3O4/c1-13(20-18(25)15(3)21(5)16(4)23)10-11-17(24)19-12-8-6-7-9-14(2)22/h13,15H,6-12H2,1-5H3,(H,19,24)(H,20,25)/t13-,15-/m0/s1. The second-order valence-electron chi connectivity index (χ2n) is 6.62. The molecule has 0 aromatic heterocycles. The van der Waals surface area contributed by atoms with Gasteiger partial charge in [0.2, 0.25) is 17.7 Å². The van der Waals surface area contributed by atoms with E-state index in [0.29, 0.717) is 25.8 Å². The van der Waals surface area contributed by atoms with Crippen molar-refractivity contribution in [3.63, 3.8) is 0 Å². The first kappa shape index (κ1) is 23.1. The average molecular weight is 355 g/mol. The van der Waals surface area contributed by atoms with E-state index in [2.05, 4.69) is 10.6 Å². The van der Waals surface area contributed by atoms with Crippen LogP contribution in [0.15, 0.2) is 0 Å². The van der Waals surface area contributed by atoms with Gasteiger partial charge in [-0.3, -0.25) is 14.4 Å². The summed E-state index contributed by atoms with van der Waals surface area (Å²) in [5.74, 6) is -0.237. The first-order valence-corrected chi connectivity index (χ1v) is 8.95. The summed E-state index contributed by atoms with van der Waals surface area (Å²) in [4.78, 5) is 47.3. The Morgan fingerprint density at radius 2 is 1.60 bits per heavy atom. The van der Waals surface area contributed by atoms with Gasteiger partial charge < -0.3 is 20.3 Å². The minimum absolute atomic E-state index is 0.0402. The molecule has 7 heteroatoms. The zero-order valence-electron chi connectivity index (χ0n) is 16.2. The lowest BCUT2D eigenvalue weighted by atomic mass is 10.1. The fourth-order valence-corrected chi connectivity index (χ4v) is 2.22. The second-order valence-corrected chi connectivity index (χ2v) is 6.62. The van der Waals surface area contributed by atoms with Crippen LogP contribution in [0.5, 0.6) is 0 Å². The minimum atomic E-state index is -0.538. The summed E-state index contributed by atoms with van der Waals surface area (Å²) in [7, 11) is 1.58. The molecule has 3 amide bonds. The highest BCUT2D eigenvalue weighted by molar-refractivity contribution is 5.86. The normalized spacial score (nSPS) is 12.8. The van der Waals surface area contributed by atoms with Crippen LogP contribution >= 0.6 is 0 Å². The maximum absolute atomic E-state index is 12.0. The zero-order valence-corrected chi connectivity index (χ0v) is 16.2. The van der Waals surface area contributed by atoms with Crippen LogP contribution in [0.4, 0.5) is 0 Å². The van der Waals surface area contributed by atoms with E-state index in [9.17, 15) is 19.2 Å². The number of hydrogen-bond donors (Lipinski definition) is 2. The number of carbonyl (C=O) groups excluding carboxylic acids is 4. The van der Waals surface area contributed by atoms with E-state index in [1.807, 2.05) is 6.92 Å². The third kappa shape index (κ3) is 11.3. The number of amides is 3. The van der Waals surface area contributed by atoms with Crippen molar-refractivity contribution in [2.24, 2.45) is 0 Å². The highest BCUT2D eigenvalue weighted by Crippen LogP contribution is 2.02. The molecule has 0 aliphatic heterocycles. The van der Waals surface area contributed by atoms with Crippen LogP contribution in [0, 0.1) is 0 Å². The highest BCUT2D eigenvalue weighted by atomic mass is 16.2. The van der Waals surface area contributed by atoms with Gasteiger partial charge in [0.1, 0.15) is 11.8 Å². The Labute approximate surface area is 150 Å². The Morgan fingerprint density at radius 1 is 0.960 bits per heavy atom. The number of unbranched alkanes of at least 4 members (excludes halogenated alkanes) is 2. The van der Waals surface area contributed by atoms with Crippen LogP contribution in [0.25, 0.3) is 0 Å². The Hall–Kier alpha value is -1.92. The van der Waals surface area contributed by atoms with Crippen molar-refractivity contribution in [1.82, 2.24) is 15.5 Å². The van der Waals surface area contributed by atoms with E-state index >= 15 is 0 Å². The van der Waals surface area contributed by atoms with Crippen molar-refractivity contribution in [1.29, 1.82) is 0 Å². The number of likely N-dealkylation sites (N-methyl/N-ethyl adjacent to an activating group) is 1. The van der Waals surface area contributed by atoms with Gasteiger partial charge in [0.05, 0.1) is 0 Å². The number of nitrogens with zero attached hydrogens (tertiary/aromatic N) is 1. The molecule has 0 heterocycles. The van der Waals surface area contributed by atoms with Crippen molar-refractivity contribution in [3.05, 3.63) is 0 Å². The number of ketones is 1. The molecule has 2 atom stereocenters. The SMILES string of the molecule is CC(=O)CCCCCNC(=O)CC[C@H](C)NC(=O)[C@H](C)N(C)C(C)=O. The predicted molar refractivity (Wildman–Crippen MR) is 96.9 cm³/mol. The van der Waals surface area contributed by atoms with E-state index in [4.69, 9.17) is 0 Å². The van der Waals surface area contributed by atoms with Gasteiger partial charge in [-0.05, 0) is 40.0 Å². The number of Topliss-reactive ketones (excluding diaryl/α,β-unsaturated/α-hetero) is 1. The number of carbonyl (C=O) groups is 4. The molecule has 0 fully saturated rings. The molecule has 0 aromatic carbocycles. The Kier molecular flexibility index (Phi) is 11.5. The average Bonchev–Trinajstić information content (AvgIpc) is 2.54. The number of hydrogen-bond acceptors (Lipinski definition) is 4. The number of rotatable bonds is 12. The molecule has 0 bridgehead atoms. The molecule has 0 aliphatic rings. The van der Waals surface area contributed by atoms with Crippen LogP contribution in [-0.2, 0) is 19.2 Å². The molecule has 0 aromatic rings. The molecule has 144 valence electrons. The minimum Gasteiger partial charge on any atom is -0.356 e. The van der Waals surface area contributed by atoms with E-state index < -0.39 is 6.04 Å². The van der Waals surface area contributed by atoms with Crippen LogP contribution in [0.1, 0.15) is 66.2 Å². The van der Waals surface area contributed by atoms with Gasteiger partial charge in [-0.2, -0.15) is 0 Å². The van der Waals surface area contributed by atoms with E-state index in [1.165, 1.54) is 11.8 Å². The molecule has 25 heavy (non-hydrogen) atoms. The Bertz CT molecular complexity index is 465. The third-order valence-electron chi connectivity index (χ3n) is 4.18. The zero-order chi connectivity index (χ0) is 19.4. The molecule has 0 saturated heterocycles. The van der Waals surface area contributed by atoms with Crippen LogP contribution < -0.4 is 10.6 Å². The molecule has 0 saturated carbocycles. The third-order valence-corrected chi connectivity index (χ3v) is 4.18. The number of nitrogens with one attached hydrogen (secondary N) is 2. The first-order valence-electron chi connectivity index (χ1n) is 8.95. The lowest BCUT2D eigenvalue weighted by Gasteiger charge is -2.24. The summed E-state index contributed by atoms with van der Waals surface area (Å²) in [6.07, 6.45) is 4.13. The largest absolute Gasteiger partial charge is 0.356 e. The summed E-state index contributed by atoms with van der Waals surface area (Å²) >= 11 is 0. The summed E-state index contributed by atoms with van der Waals surface area (Å²) in [6, 6.07) is -0.680. The van der Waals surface area contributed by atoms with Gasteiger partial charge in [0, 0.05) is 39.4 Å². The predicted octanol–water partition coefficient (Wildman–Crippen LogP) is 1.40. The van der Waals surface area contributed by atoms with E-state index in [1.54, 1.807) is 20.9 Å². The fourth-order valence-electron chi connectivity index (χ4n) is 2.22. The van der Waals surface area contributed by atoms with Crippen molar-refractivity contribution in [2.75, 3.05) is 13.6 Å². The topological polar surface area (TPSA) is 95.6 Å². The van der Waals surface area contributed by atoms with Crippen molar-refractivity contribution >= 4 is 23.5 Å². The monoisotopic (exact) mass is 355 g/mol. The van der Waals surface area contributed by atoms with Gasteiger partial charge in [-0.1, -0.05) is 6.42 Å². The lowest BCUT2D eigenvalue weighted by molar-refractivity contribution is -0.137. The lowest BCUT2D eigenvalue weighted by Crippen LogP contribution is -2.47. The smallest absolute Gasteiger partial charge is 0.242 e. The van der Waals surface area contributed by atoms with E-state index in [0.717, 1.165) is 19.3 Å². The fraction of sp³-hybridized carbons (Fsp3) is 0.778. The van der Waals surface area contributed by atoms with Gasteiger partial charge in [0.15, 0.2) is 0 Å². The first-order chi connectivity index (χ1) is 11.6. The molecular weight excluding hydrogens is 322 g/mol. The summed E-state index contributed by atoms with van der Waals surface area (Å²) in [5, 5.41) is 5.67. The Morgan fingerprint density at radius 3 is 2.16 bits per heavy atom.